The molecule has 0 amide bonds. The molecule has 47 heavy (non-hydrogen) atoms. The van der Waals surface area contributed by atoms with E-state index in [4.69, 9.17) is 0 Å². The van der Waals surface area contributed by atoms with E-state index < -0.39 is 0 Å². The molecule has 6 aromatic rings. The molecule has 9 rings (SSSR count). The number of hydrogen-bond donors (Lipinski definition) is 1. The van der Waals surface area contributed by atoms with Gasteiger partial charge < -0.3 is 10.2 Å². The number of anilines is 3. The van der Waals surface area contributed by atoms with E-state index in [0.717, 1.165) is 6.42 Å². The fraction of sp³-hybridized carbons (Fsp3) is 0.156. The van der Waals surface area contributed by atoms with Gasteiger partial charge in [-0.05, 0) is 97.6 Å². The molecule has 0 saturated carbocycles. The Kier molecular flexibility index (Phi) is 6.64. The van der Waals surface area contributed by atoms with Crippen LogP contribution in [0.25, 0.3) is 27.1 Å². The molecule has 2 nitrogen and oxygen atoms in total. The Balaban J connectivity index is 1.22. The largest absolute Gasteiger partial charge is 0.363 e. The number of rotatable bonds is 4. The van der Waals surface area contributed by atoms with Crippen molar-refractivity contribution >= 4 is 44.2 Å². The Morgan fingerprint density at radius 2 is 1.40 bits per heavy atom. The van der Waals surface area contributed by atoms with Crippen molar-refractivity contribution in [3.05, 3.63) is 180 Å². The maximum absolute atomic E-state index is 3.72. The number of hydrogen-bond acceptors (Lipinski definition) is 2. The summed E-state index contributed by atoms with van der Waals surface area (Å²) in [5.41, 5.74) is 11.9. The predicted molar refractivity (Wildman–Crippen MR) is 199 cm³/mol. The summed E-state index contributed by atoms with van der Waals surface area (Å²) >= 11 is 0. The Hall–Kier alpha value is -5.34. The third-order valence-electron chi connectivity index (χ3n) is 10.8. The minimum Gasteiger partial charge on any atom is -0.363 e. The van der Waals surface area contributed by atoms with E-state index in [2.05, 4.69) is 176 Å². The smallest absolute Gasteiger partial charge is 0.104 e. The zero-order chi connectivity index (χ0) is 31.5. The van der Waals surface area contributed by atoms with Gasteiger partial charge >= 0.3 is 0 Å². The van der Waals surface area contributed by atoms with Crippen molar-refractivity contribution in [2.24, 2.45) is 11.8 Å². The molecule has 0 fully saturated rings. The molecule has 0 radical (unpaired) electrons. The van der Waals surface area contributed by atoms with Gasteiger partial charge in [-0.1, -0.05) is 135 Å². The van der Waals surface area contributed by atoms with Crippen LogP contribution < -0.4 is 10.2 Å². The average Bonchev–Trinajstić information content (AvgIpc) is 3.47. The van der Waals surface area contributed by atoms with Crippen LogP contribution in [0.5, 0.6) is 0 Å². The maximum atomic E-state index is 3.72. The molecule has 1 N–H and O–H groups in total. The van der Waals surface area contributed by atoms with Crippen LogP contribution in [0, 0.1) is 11.8 Å². The van der Waals surface area contributed by atoms with Gasteiger partial charge in [-0.15, -0.1) is 0 Å². The molecule has 4 unspecified atom stereocenters. The van der Waals surface area contributed by atoms with Crippen LogP contribution in [0.15, 0.2) is 157 Å². The summed E-state index contributed by atoms with van der Waals surface area (Å²) in [5, 5.41) is 9.04. The van der Waals surface area contributed by atoms with Gasteiger partial charge in [0.2, 0.25) is 0 Å². The van der Waals surface area contributed by atoms with Crippen molar-refractivity contribution in [1.82, 2.24) is 0 Å². The van der Waals surface area contributed by atoms with Crippen molar-refractivity contribution in [2.75, 3.05) is 10.2 Å². The van der Waals surface area contributed by atoms with Gasteiger partial charge in [0, 0.05) is 17.5 Å². The third kappa shape index (κ3) is 4.39. The van der Waals surface area contributed by atoms with Crippen molar-refractivity contribution in [2.45, 2.75) is 32.4 Å². The van der Waals surface area contributed by atoms with Crippen LogP contribution in [0.1, 0.15) is 48.4 Å². The van der Waals surface area contributed by atoms with E-state index in [-0.39, 0.29) is 18.0 Å². The highest BCUT2D eigenvalue weighted by atomic mass is 15.3. The number of para-hydroxylation sites is 2. The average molecular weight is 607 g/mol. The second-order valence-electron chi connectivity index (χ2n) is 13.3. The summed E-state index contributed by atoms with van der Waals surface area (Å²) in [5.74, 6) is 0.869. The zero-order valence-corrected chi connectivity index (χ0v) is 26.9. The molecule has 1 heterocycles. The van der Waals surface area contributed by atoms with E-state index in [1.165, 1.54) is 72.0 Å². The van der Waals surface area contributed by atoms with Crippen molar-refractivity contribution in [3.63, 3.8) is 0 Å². The Morgan fingerprint density at radius 1 is 0.681 bits per heavy atom. The summed E-state index contributed by atoms with van der Waals surface area (Å²) in [6.07, 6.45) is 10.5. The van der Waals surface area contributed by atoms with Gasteiger partial charge in [-0.25, -0.2) is 0 Å². The van der Waals surface area contributed by atoms with Crippen molar-refractivity contribution < 1.29 is 0 Å². The highest BCUT2D eigenvalue weighted by molar-refractivity contribution is 6.09. The van der Waals surface area contributed by atoms with Crippen LogP contribution in [0.4, 0.5) is 17.1 Å². The first kappa shape index (κ1) is 27.9. The fourth-order valence-corrected chi connectivity index (χ4v) is 8.63. The van der Waals surface area contributed by atoms with E-state index in [0.29, 0.717) is 5.92 Å². The molecule has 4 atom stereocenters. The summed E-state index contributed by atoms with van der Waals surface area (Å²) in [7, 11) is 0. The lowest BCUT2D eigenvalue weighted by Gasteiger charge is -2.31. The van der Waals surface area contributed by atoms with Gasteiger partial charge in [0.15, 0.2) is 0 Å². The van der Waals surface area contributed by atoms with E-state index in [1.807, 2.05) is 0 Å². The number of fused-ring (bicyclic) bond motifs is 6. The molecule has 2 aliphatic carbocycles. The van der Waals surface area contributed by atoms with Crippen LogP contribution >= 0.6 is 0 Å². The van der Waals surface area contributed by atoms with Crippen LogP contribution in [0.2, 0.25) is 0 Å². The van der Waals surface area contributed by atoms with E-state index in [9.17, 15) is 0 Å². The summed E-state index contributed by atoms with van der Waals surface area (Å²) in [4.78, 5) is 2.45. The molecule has 228 valence electrons. The normalized spacial score (nSPS) is 21.4. The molecular weight excluding hydrogens is 569 g/mol. The molecular formula is C45H38N2. The van der Waals surface area contributed by atoms with Crippen molar-refractivity contribution in [3.8, 4) is 0 Å². The monoisotopic (exact) mass is 606 g/mol. The van der Waals surface area contributed by atoms with Crippen LogP contribution in [0.3, 0.4) is 0 Å². The Morgan fingerprint density at radius 3 is 2.26 bits per heavy atom. The molecule has 1 aliphatic heterocycles. The Labute approximate surface area is 277 Å². The molecule has 6 aromatic carbocycles. The predicted octanol–water partition coefficient (Wildman–Crippen LogP) is 11.6. The van der Waals surface area contributed by atoms with Gasteiger partial charge in [0.05, 0.1) is 11.4 Å². The van der Waals surface area contributed by atoms with Crippen LogP contribution in [-0.4, -0.2) is 6.17 Å². The fourth-order valence-electron chi connectivity index (χ4n) is 8.63. The topological polar surface area (TPSA) is 15.3 Å². The van der Waals surface area contributed by atoms with E-state index >= 15 is 0 Å². The first-order chi connectivity index (χ1) is 23.2. The van der Waals surface area contributed by atoms with E-state index in [1.54, 1.807) is 0 Å². The highest BCUT2D eigenvalue weighted by Gasteiger charge is 2.37. The van der Waals surface area contributed by atoms with Gasteiger partial charge in [0.25, 0.3) is 0 Å². The lowest BCUT2D eigenvalue weighted by atomic mass is 9.72. The second-order valence-corrected chi connectivity index (χ2v) is 13.3. The summed E-state index contributed by atoms with van der Waals surface area (Å²) in [6, 6.07) is 47.5. The van der Waals surface area contributed by atoms with Crippen molar-refractivity contribution in [1.29, 1.82) is 0 Å². The minimum atomic E-state index is 0.228. The number of nitrogens with one attached hydrogen (secondary N) is 1. The minimum absolute atomic E-state index is 0.228. The summed E-state index contributed by atoms with van der Waals surface area (Å²) < 4.78 is 0. The summed E-state index contributed by atoms with van der Waals surface area (Å²) in [6.45, 7) is 4.72. The van der Waals surface area contributed by atoms with Crippen LogP contribution in [-0.2, 0) is 0 Å². The molecule has 0 spiro atoms. The zero-order valence-electron chi connectivity index (χ0n) is 26.9. The molecule has 3 aliphatic rings. The maximum Gasteiger partial charge on any atom is 0.104 e. The first-order valence-electron chi connectivity index (χ1n) is 17.0. The second kappa shape index (κ2) is 11.2. The quantitative estimate of drug-likeness (QED) is 0.201. The number of nitrogens with zero attached hydrogens (tertiary/aromatic N) is 1. The first-order valence-corrected chi connectivity index (χ1v) is 17.0. The standard InChI is InChI=1S/C45H38N2/c1-3-43-46-41-22-12-13-23-42(41)47(43)32-26-24-30(25-27-32)45-37-19-9-6-15-33(37)29(2)44(38-20-10-11-21-39(38)45)40-28-31-14-4-5-16-34(31)35-17-7-8-18-36(35)40/h4-29,33,43-44,46H,3H2,1-2H3. The lowest BCUT2D eigenvalue weighted by molar-refractivity contribution is 0.438. The molecule has 0 bridgehead atoms. The van der Waals surface area contributed by atoms with Gasteiger partial charge in [-0.2, -0.15) is 0 Å². The lowest BCUT2D eigenvalue weighted by Crippen LogP contribution is -2.30. The Bertz CT molecular complexity index is 2250. The SMILES string of the molecule is CCC1Nc2ccccc2N1c1ccc(C2=C3C=CC=CC3C(C)C(c3cc4ccccc4c4ccccc34)c3ccccc32)cc1. The third-order valence-corrected chi connectivity index (χ3v) is 10.8. The van der Waals surface area contributed by atoms with Gasteiger partial charge in [-0.3, -0.25) is 0 Å². The molecule has 0 aromatic heterocycles. The molecule has 0 saturated heterocycles. The van der Waals surface area contributed by atoms with Gasteiger partial charge in [0.1, 0.15) is 6.17 Å². The highest BCUT2D eigenvalue weighted by Crippen LogP contribution is 2.51. The number of benzene rings is 6. The molecule has 2 heteroatoms. The number of allylic oxidation sites excluding steroid dienone is 5.